The number of carbonyl (C=O) groups excluding carboxylic acids is 2. The van der Waals surface area contributed by atoms with Crippen LogP contribution in [0.3, 0.4) is 0 Å². The average molecular weight is 510 g/mol. The molecule has 0 aliphatic carbocycles. The Balaban J connectivity index is 0.00000274. The van der Waals surface area contributed by atoms with Gasteiger partial charge in [-0.3, -0.25) is 15.0 Å². The second-order valence-corrected chi connectivity index (χ2v) is 9.46. The Morgan fingerprint density at radius 3 is 2.00 bits per heavy atom. The largest absolute Gasteiger partial charge is 0.483 e. The number of nitrogens with one attached hydrogen (secondary N) is 2. The van der Waals surface area contributed by atoms with E-state index in [2.05, 4.69) is 4.72 Å². The van der Waals surface area contributed by atoms with Crippen LogP contribution in [0.1, 0.15) is 50.5 Å². The van der Waals surface area contributed by atoms with Gasteiger partial charge in [0.2, 0.25) is 10.0 Å². The Morgan fingerprint density at radius 1 is 1.06 bits per heavy atom. The number of carboxylic acid groups (broad SMARTS) is 1. The molecule has 0 aliphatic rings. The minimum Gasteiger partial charge on any atom is -0.483 e. The lowest BCUT2D eigenvalue weighted by Crippen LogP contribution is -2.29. The van der Waals surface area contributed by atoms with Gasteiger partial charge in [0, 0.05) is 12.1 Å². The van der Waals surface area contributed by atoms with Crippen molar-refractivity contribution in [3.63, 3.8) is 0 Å². The van der Waals surface area contributed by atoms with Crippen molar-refractivity contribution in [1.82, 2.24) is 4.72 Å². The molecule has 35 heavy (non-hydrogen) atoms. The van der Waals surface area contributed by atoms with Crippen LogP contribution in [-0.4, -0.2) is 49.9 Å². The van der Waals surface area contributed by atoms with E-state index in [1.165, 1.54) is 36.4 Å². The number of hydrogen-bond donors (Lipinski definition) is 4. The number of sulfonamides is 1. The van der Waals surface area contributed by atoms with Gasteiger partial charge >= 0.3 is 11.9 Å². The van der Waals surface area contributed by atoms with Gasteiger partial charge in [-0.2, -0.15) is 0 Å². The van der Waals surface area contributed by atoms with Gasteiger partial charge in [-0.25, -0.2) is 17.9 Å². The Morgan fingerprint density at radius 2 is 1.54 bits per heavy atom. The van der Waals surface area contributed by atoms with Crippen molar-refractivity contribution in [2.75, 3.05) is 6.54 Å². The normalized spacial score (nSPS) is 10.6. The first-order valence-corrected chi connectivity index (χ1v) is 11.3. The molecule has 0 radical (unpaired) electrons. The van der Waals surface area contributed by atoms with E-state index in [1.807, 2.05) is 0 Å². The lowest BCUT2D eigenvalue weighted by atomic mass is 10.2. The van der Waals surface area contributed by atoms with Crippen molar-refractivity contribution in [2.24, 2.45) is 5.73 Å². The highest BCUT2D eigenvalue weighted by molar-refractivity contribution is 7.89. The zero-order valence-electron chi connectivity index (χ0n) is 18.9. The number of hydrogen-bond acceptors (Lipinski definition) is 8. The Bertz CT molecular complexity index is 1110. The van der Waals surface area contributed by atoms with Crippen LogP contribution >= 0.6 is 0 Å². The second kappa shape index (κ2) is 13.8. The van der Waals surface area contributed by atoms with Crippen molar-refractivity contribution >= 4 is 34.3 Å². The summed E-state index contributed by atoms with van der Waals surface area (Å²) < 4.78 is 37.4. The molecule has 0 spiro atoms. The van der Waals surface area contributed by atoms with Gasteiger partial charge in [0.05, 0.1) is 16.9 Å². The predicted molar refractivity (Wildman–Crippen MR) is 130 cm³/mol. The van der Waals surface area contributed by atoms with Gasteiger partial charge in [-0.1, -0.05) is 7.43 Å². The molecule has 0 saturated carbocycles. The summed E-state index contributed by atoms with van der Waals surface area (Å²) in [4.78, 5) is 32.2. The molecule has 2 aromatic rings. The Kier molecular flexibility index (Phi) is 12.3. The monoisotopic (exact) mass is 509 g/mol. The highest BCUT2D eigenvalue weighted by Crippen LogP contribution is 2.16. The van der Waals surface area contributed by atoms with Gasteiger partial charge in [0.1, 0.15) is 17.2 Å². The molecule has 0 bridgehead atoms. The molecule has 0 fully saturated rings. The van der Waals surface area contributed by atoms with Crippen molar-refractivity contribution in [1.29, 1.82) is 5.41 Å². The molecular formula is C23H31N3O8S. The van der Waals surface area contributed by atoms with Gasteiger partial charge < -0.3 is 20.3 Å². The fourth-order valence-corrected chi connectivity index (χ4v) is 3.43. The molecule has 0 heterocycles. The third-order valence-electron chi connectivity index (χ3n) is 3.82. The fourth-order valence-electron chi connectivity index (χ4n) is 2.40. The zero-order valence-corrected chi connectivity index (χ0v) is 19.7. The zero-order chi connectivity index (χ0) is 25.9. The SMILES string of the molecule is C.CC(C)(C)OC(=O)CCNS(=O)(=O)c1ccc(C(=O)Oc2ccc(C(=N)N)cc2)cc1.O=CO. The maximum atomic E-state index is 12.4. The van der Waals surface area contributed by atoms with E-state index in [0.717, 1.165) is 0 Å². The number of carbonyl (C=O) groups is 3. The van der Waals surface area contributed by atoms with E-state index in [-0.39, 0.29) is 48.9 Å². The summed E-state index contributed by atoms with van der Waals surface area (Å²) in [5, 5.41) is 14.2. The van der Waals surface area contributed by atoms with Gasteiger partial charge in [0.15, 0.2) is 0 Å². The lowest BCUT2D eigenvalue weighted by Gasteiger charge is -2.19. The van der Waals surface area contributed by atoms with Gasteiger partial charge in [-0.05, 0) is 69.3 Å². The quantitative estimate of drug-likeness (QED) is 0.136. The Labute approximate surface area is 204 Å². The van der Waals surface area contributed by atoms with E-state index in [1.54, 1.807) is 32.9 Å². The number of benzene rings is 2. The minimum atomic E-state index is -3.86. The molecule has 0 aromatic heterocycles. The molecule has 2 rings (SSSR count). The molecule has 0 saturated heterocycles. The molecule has 11 nitrogen and oxygen atoms in total. The number of rotatable bonds is 8. The third kappa shape index (κ3) is 11.3. The summed E-state index contributed by atoms with van der Waals surface area (Å²) >= 11 is 0. The van der Waals surface area contributed by atoms with Gasteiger partial charge in [0.25, 0.3) is 6.47 Å². The van der Waals surface area contributed by atoms with Crippen LogP contribution in [-0.2, 0) is 24.3 Å². The molecule has 0 atom stereocenters. The first-order valence-electron chi connectivity index (χ1n) is 9.85. The van der Waals surface area contributed by atoms with E-state index in [0.29, 0.717) is 5.56 Å². The summed E-state index contributed by atoms with van der Waals surface area (Å²) in [7, 11) is -3.86. The first-order chi connectivity index (χ1) is 15.8. The summed E-state index contributed by atoms with van der Waals surface area (Å²) in [5.41, 5.74) is 5.38. The summed E-state index contributed by atoms with van der Waals surface area (Å²) in [6, 6.07) is 11.3. The highest BCUT2D eigenvalue weighted by Gasteiger charge is 2.19. The van der Waals surface area contributed by atoms with E-state index in [9.17, 15) is 18.0 Å². The van der Waals surface area contributed by atoms with Crippen LogP contribution in [0, 0.1) is 5.41 Å². The molecule has 0 amide bonds. The smallest absolute Gasteiger partial charge is 0.343 e. The number of ether oxygens (including phenoxy) is 2. The first kappa shape index (κ1) is 31.2. The fraction of sp³-hybridized carbons (Fsp3) is 0.304. The number of esters is 2. The Hall–Kier alpha value is -3.77. The summed E-state index contributed by atoms with van der Waals surface area (Å²) in [5.74, 6) is -1.02. The molecule has 12 heteroatoms. The van der Waals surface area contributed by atoms with E-state index < -0.39 is 27.6 Å². The van der Waals surface area contributed by atoms with Crippen molar-refractivity contribution in [3.8, 4) is 5.75 Å². The van der Waals surface area contributed by atoms with Crippen LogP contribution in [0.4, 0.5) is 0 Å². The number of nitrogens with two attached hydrogens (primary N) is 1. The van der Waals surface area contributed by atoms with E-state index >= 15 is 0 Å². The van der Waals surface area contributed by atoms with E-state index in [4.69, 9.17) is 30.5 Å². The standard InChI is InChI=1S/C21H25N3O6S.CH2O2.CH4/c1-21(2,3)30-18(25)12-13-24-31(27,28)17-10-6-15(7-11-17)20(26)29-16-8-4-14(5-9-16)19(22)23;2-1-3;/h4-11,24H,12-13H2,1-3H3,(H3,22,23);1H,(H,2,3);1H4. The van der Waals surface area contributed by atoms with Crippen LogP contribution in [0.5, 0.6) is 5.75 Å². The maximum absolute atomic E-state index is 12.4. The molecule has 2 aromatic carbocycles. The molecule has 0 unspecified atom stereocenters. The van der Waals surface area contributed by atoms with Crippen LogP contribution < -0.4 is 15.2 Å². The summed E-state index contributed by atoms with van der Waals surface area (Å²) in [6.07, 6.45) is -0.108. The molecule has 192 valence electrons. The topological polar surface area (TPSA) is 186 Å². The molecular weight excluding hydrogens is 478 g/mol. The third-order valence-corrected chi connectivity index (χ3v) is 5.29. The van der Waals surface area contributed by atoms with Crippen LogP contribution in [0.15, 0.2) is 53.4 Å². The van der Waals surface area contributed by atoms with Crippen molar-refractivity contribution in [2.45, 2.75) is 45.1 Å². The maximum Gasteiger partial charge on any atom is 0.343 e. The predicted octanol–water partition coefficient (Wildman–Crippen LogP) is 2.54. The van der Waals surface area contributed by atoms with Gasteiger partial charge in [-0.15, -0.1) is 0 Å². The molecule has 5 N–H and O–H groups in total. The number of nitrogen functional groups attached to an aromatic ring is 1. The average Bonchev–Trinajstić information content (AvgIpc) is 2.73. The van der Waals surface area contributed by atoms with Crippen LogP contribution in [0.25, 0.3) is 0 Å². The van der Waals surface area contributed by atoms with Crippen molar-refractivity contribution in [3.05, 3.63) is 59.7 Å². The molecule has 0 aliphatic heterocycles. The minimum absolute atomic E-state index is 0. The van der Waals surface area contributed by atoms with Crippen LogP contribution in [0.2, 0.25) is 0 Å². The highest BCUT2D eigenvalue weighted by atomic mass is 32.2. The summed E-state index contributed by atoms with van der Waals surface area (Å²) in [6.45, 7) is 4.81. The second-order valence-electron chi connectivity index (χ2n) is 7.69. The number of amidine groups is 1. The lowest BCUT2D eigenvalue weighted by molar-refractivity contribution is -0.154. The van der Waals surface area contributed by atoms with Crippen molar-refractivity contribution < 1.29 is 37.4 Å².